The molecule has 3 rings (SSSR count). The molecule has 2 unspecified atom stereocenters. The van der Waals surface area contributed by atoms with Crippen molar-refractivity contribution in [3.8, 4) is 0 Å². The summed E-state index contributed by atoms with van der Waals surface area (Å²) in [5.41, 5.74) is 6.86. The van der Waals surface area contributed by atoms with Crippen LogP contribution in [0.15, 0.2) is 12.7 Å². The maximum Gasteiger partial charge on any atom is 0.305 e. The quantitative estimate of drug-likeness (QED) is 0.705. The zero-order chi connectivity index (χ0) is 18.7. The lowest BCUT2D eigenvalue weighted by molar-refractivity contribution is -0.150. The molecule has 0 aromatic carbocycles. The van der Waals surface area contributed by atoms with Crippen LogP contribution in [0.25, 0.3) is 11.2 Å². The summed E-state index contributed by atoms with van der Waals surface area (Å²) in [5.74, 6) is 0.0195. The molecule has 10 heteroatoms. The van der Waals surface area contributed by atoms with Crippen molar-refractivity contribution in [3.05, 3.63) is 12.7 Å². The van der Waals surface area contributed by atoms with Crippen molar-refractivity contribution >= 4 is 23.0 Å². The molecule has 0 bridgehead atoms. The molecule has 2 aromatic rings. The summed E-state index contributed by atoms with van der Waals surface area (Å²) in [6.45, 7) is 2.00. The van der Waals surface area contributed by atoms with E-state index in [1.165, 1.54) is 6.33 Å². The molecule has 1 aliphatic heterocycles. The number of methoxy groups -OCH3 is 2. The van der Waals surface area contributed by atoms with Gasteiger partial charge in [-0.25, -0.2) is 15.0 Å². The molecule has 10 nitrogen and oxygen atoms in total. The van der Waals surface area contributed by atoms with Gasteiger partial charge >= 0.3 is 5.97 Å². The number of esters is 1. The third-order valence-corrected chi connectivity index (χ3v) is 4.35. The number of carbonyl (C=O) groups is 1. The normalized spacial score (nSPS) is 25.7. The summed E-state index contributed by atoms with van der Waals surface area (Å²) < 4.78 is 24.3. The summed E-state index contributed by atoms with van der Waals surface area (Å²) in [6.07, 6.45) is 2.13. The minimum atomic E-state index is -0.556. The zero-order valence-electron chi connectivity index (χ0n) is 15.0. The van der Waals surface area contributed by atoms with Crippen LogP contribution >= 0.6 is 0 Å². The predicted octanol–water partition coefficient (Wildman–Crippen LogP) is 0.679. The number of aromatic nitrogens is 4. The van der Waals surface area contributed by atoms with Gasteiger partial charge < -0.3 is 24.7 Å². The number of nitrogen functional groups attached to an aromatic ring is 1. The summed E-state index contributed by atoms with van der Waals surface area (Å²) in [7, 11) is 3.14. The smallest absolute Gasteiger partial charge is 0.305 e. The van der Waals surface area contributed by atoms with E-state index in [1.807, 2.05) is 6.92 Å². The van der Waals surface area contributed by atoms with E-state index in [2.05, 4.69) is 15.0 Å². The molecule has 142 valence electrons. The van der Waals surface area contributed by atoms with Crippen LogP contribution in [-0.2, 0) is 23.7 Å². The molecule has 1 aliphatic rings. The molecule has 0 amide bonds. The van der Waals surface area contributed by atoms with Crippen LogP contribution in [0.1, 0.15) is 26.0 Å². The Hall–Kier alpha value is -2.30. The highest BCUT2D eigenvalue weighted by atomic mass is 16.6. The Balaban J connectivity index is 1.84. The number of hydrogen-bond donors (Lipinski definition) is 1. The first-order valence-electron chi connectivity index (χ1n) is 8.40. The average molecular weight is 365 g/mol. The average Bonchev–Trinajstić information content (AvgIpc) is 3.21. The number of rotatable bonds is 7. The van der Waals surface area contributed by atoms with Crippen molar-refractivity contribution in [2.24, 2.45) is 0 Å². The molecule has 2 aromatic heterocycles. The Kier molecular flexibility index (Phi) is 5.64. The van der Waals surface area contributed by atoms with Crippen LogP contribution in [-0.4, -0.2) is 64.6 Å². The van der Waals surface area contributed by atoms with Gasteiger partial charge in [0.05, 0.1) is 6.33 Å². The molecule has 2 N–H and O–H groups in total. The Labute approximate surface area is 150 Å². The molecular formula is C16H23N5O5. The van der Waals surface area contributed by atoms with Crippen LogP contribution in [0.5, 0.6) is 0 Å². The highest BCUT2D eigenvalue weighted by molar-refractivity contribution is 5.81. The van der Waals surface area contributed by atoms with Crippen LogP contribution < -0.4 is 5.73 Å². The van der Waals surface area contributed by atoms with Gasteiger partial charge in [-0.3, -0.25) is 9.36 Å². The Morgan fingerprint density at radius 2 is 2.04 bits per heavy atom. The lowest BCUT2D eigenvalue weighted by atomic mass is 10.1. The van der Waals surface area contributed by atoms with E-state index in [0.717, 1.165) is 6.42 Å². The molecule has 1 fully saturated rings. The van der Waals surface area contributed by atoms with Crippen molar-refractivity contribution in [1.82, 2.24) is 19.5 Å². The molecule has 3 heterocycles. The fraction of sp³-hybridized carbons (Fsp3) is 0.625. The first-order valence-corrected chi connectivity index (χ1v) is 8.40. The number of fused-ring (bicyclic) bond motifs is 1. The second kappa shape index (κ2) is 7.94. The Morgan fingerprint density at radius 1 is 1.27 bits per heavy atom. The maximum atomic E-state index is 11.7. The van der Waals surface area contributed by atoms with Crippen molar-refractivity contribution in [1.29, 1.82) is 0 Å². The number of hydrogen-bond acceptors (Lipinski definition) is 9. The van der Waals surface area contributed by atoms with Gasteiger partial charge in [-0.2, -0.15) is 0 Å². The third kappa shape index (κ3) is 3.35. The van der Waals surface area contributed by atoms with E-state index >= 15 is 0 Å². The molecule has 0 radical (unpaired) electrons. The predicted molar refractivity (Wildman–Crippen MR) is 91.1 cm³/mol. The van der Waals surface area contributed by atoms with Crippen molar-refractivity contribution in [3.63, 3.8) is 0 Å². The van der Waals surface area contributed by atoms with Gasteiger partial charge in [0.2, 0.25) is 0 Å². The molecule has 0 saturated carbocycles. The van der Waals surface area contributed by atoms with E-state index < -0.39 is 24.5 Å². The SMILES string of the molecule is CCCC(=O)OC[C@H]1O[C@@H](n2cnc3c(N)ncnc32)C(OC)C1OC. The molecule has 0 spiro atoms. The first-order chi connectivity index (χ1) is 12.6. The summed E-state index contributed by atoms with van der Waals surface area (Å²) >= 11 is 0. The van der Waals surface area contributed by atoms with E-state index in [1.54, 1.807) is 25.1 Å². The minimum absolute atomic E-state index is 0.0808. The number of anilines is 1. The zero-order valence-corrected chi connectivity index (χ0v) is 15.0. The largest absolute Gasteiger partial charge is 0.463 e. The summed E-state index contributed by atoms with van der Waals surface area (Å²) in [6, 6.07) is 0. The molecule has 1 saturated heterocycles. The monoisotopic (exact) mass is 365 g/mol. The number of ether oxygens (including phenoxy) is 4. The van der Waals surface area contributed by atoms with Gasteiger partial charge in [0.1, 0.15) is 36.8 Å². The topological polar surface area (TPSA) is 124 Å². The first kappa shape index (κ1) is 18.5. The van der Waals surface area contributed by atoms with E-state index in [0.29, 0.717) is 17.6 Å². The molecule has 0 aliphatic carbocycles. The fourth-order valence-electron chi connectivity index (χ4n) is 3.11. The second-order valence-corrected chi connectivity index (χ2v) is 5.98. The van der Waals surface area contributed by atoms with E-state index in [-0.39, 0.29) is 18.4 Å². The Morgan fingerprint density at radius 3 is 2.73 bits per heavy atom. The summed E-state index contributed by atoms with van der Waals surface area (Å²) in [5, 5.41) is 0. The van der Waals surface area contributed by atoms with Crippen molar-refractivity contribution < 1.29 is 23.7 Å². The van der Waals surface area contributed by atoms with Crippen molar-refractivity contribution in [2.45, 2.75) is 44.3 Å². The Bertz CT molecular complexity index is 767. The second-order valence-electron chi connectivity index (χ2n) is 5.98. The van der Waals surface area contributed by atoms with Gasteiger partial charge in [0.15, 0.2) is 17.7 Å². The number of imidazole rings is 1. The van der Waals surface area contributed by atoms with Crippen LogP contribution in [0.4, 0.5) is 5.82 Å². The standard InChI is InChI=1S/C16H23N5O5/c1-4-5-10(22)25-6-9-12(23-2)13(24-3)16(26-9)21-8-20-11-14(17)18-7-19-15(11)21/h7-9,12-13,16H,4-6H2,1-3H3,(H2,17,18,19)/t9-,12?,13?,16-/m1/s1. The van der Waals surface area contributed by atoms with Crippen LogP contribution in [0, 0.1) is 0 Å². The summed E-state index contributed by atoms with van der Waals surface area (Å²) in [4.78, 5) is 24.1. The number of nitrogens with zero attached hydrogens (tertiary/aromatic N) is 4. The van der Waals surface area contributed by atoms with Crippen molar-refractivity contribution in [2.75, 3.05) is 26.6 Å². The van der Waals surface area contributed by atoms with E-state index in [4.69, 9.17) is 24.7 Å². The van der Waals surface area contributed by atoms with Gasteiger partial charge in [0, 0.05) is 20.6 Å². The third-order valence-electron chi connectivity index (χ3n) is 4.35. The van der Waals surface area contributed by atoms with Gasteiger partial charge in [0.25, 0.3) is 0 Å². The van der Waals surface area contributed by atoms with Gasteiger partial charge in [-0.05, 0) is 6.42 Å². The lowest BCUT2D eigenvalue weighted by Gasteiger charge is -2.22. The molecule has 26 heavy (non-hydrogen) atoms. The minimum Gasteiger partial charge on any atom is -0.463 e. The van der Waals surface area contributed by atoms with Crippen LogP contribution in [0.3, 0.4) is 0 Å². The fourth-order valence-corrected chi connectivity index (χ4v) is 3.11. The van der Waals surface area contributed by atoms with Gasteiger partial charge in [-0.1, -0.05) is 6.92 Å². The highest BCUT2D eigenvalue weighted by Gasteiger charge is 2.47. The molecular weight excluding hydrogens is 342 g/mol. The number of nitrogens with two attached hydrogens (primary N) is 1. The lowest BCUT2D eigenvalue weighted by Crippen LogP contribution is -2.37. The van der Waals surface area contributed by atoms with Crippen LogP contribution in [0.2, 0.25) is 0 Å². The number of carbonyl (C=O) groups excluding carboxylic acids is 1. The highest BCUT2D eigenvalue weighted by Crippen LogP contribution is 2.35. The maximum absolute atomic E-state index is 11.7. The molecule has 4 atom stereocenters. The van der Waals surface area contributed by atoms with Gasteiger partial charge in [-0.15, -0.1) is 0 Å². The van der Waals surface area contributed by atoms with E-state index in [9.17, 15) is 4.79 Å².